The van der Waals surface area contributed by atoms with Crippen LogP contribution in [-0.2, 0) is 17.8 Å². The Balaban J connectivity index is 1.63. The van der Waals surface area contributed by atoms with Gasteiger partial charge in [-0.05, 0) is 29.3 Å². The van der Waals surface area contributed by atoms with Crippen molar-refractivity contribution in [2.45, 2.75) is 19.0 Å². The molecule has 1 heterocycles. The van der Waals surface area contributed by atoms with Crippen LogP contribution in [0.15, 0.2) is 114 Å². The van der Waals surface area contributed by atoms with Gasteiger partial charge >= 0.3 is 0 Å². The van der Waals surface area contributed by atoms with Crippen LogP contribution in [0.25, 0.3) is 0 Å². The first-order valence-corrected chi connectivity index (χ1v) is 11.1. The van der Waals surface area contributed by atoms with Crippen molar-refractivity contribution in [1.82, 2.24) is 0 Å². The van der Waals surface area contributed by atoms with Crippen LogP contribution in [0.2, 0.25) is 0 Å². The maximum absolute atomic E-state index is 14.0. The fourth-order valence-corrected chi connectivity index (χ4v) is 4.25. The van der Waals surface area contributed by atoms with Gasteiger partial charge in [0.05, 0.1) is 17.9 Å². The highest BCUT2D eigenvalue weighted by atomic mass is 16.2. The number of hydrogen-bond donors (Lipinski definition) is 1. The number of fused-ring (bicyclic) bond motifs is 1. The lowest BCUT2D eigenvalue weighted by Gasteiger charge is -2.25. The third-order valence-corrected chi connectivity index (χ3v) is 5.93. The van der Waals surface area contributed by atoms with Crippen molar-refractivity contribution in [2.24, 2.45) is 4.99 Å². The van der Waals surface area contributed by atoms with E-state index in [9.17, 15) is 4.79 Å². The van der Waals surface area contributed by atoms with Crippen molar-refractivity contribution < 1.29 is 4.79 Å². The Bertz CT molecular complexity index is 1280. The van der Waals surface area contributed by atoms with Gasteiger partial charge in [-0.25, -0.2) is 0 Å². The largest absolute Gasteiger partial charge is 0.399 e. The van der Waals surface area contributed by atoms with Crippen LogP contribution in [0, 0.1) is 0 Å². The Morgan fingerprint density at radius 2 is 1.36 bits per heavy atom. The number of aliphatic imine (C=N–C) groups is 1. The molecule has 0 unspecified atom stereocenters. The number of benzene rings is 4. The van der Waals surface area contributed by atoms with Crippen molar-refractivity contribution in [3.8, 4) is 0 Å². The topological polar surface area (TPSA) is 58.7 Å². The summed E-state index contributed by atoms with van der Waals surface area (Å²) in [7, 11) is 0. The minimum Gasteiger partial charge on any atom is -0.399 e. The molecule has 2 N–H and O–H groups in total. The molecule has 33 heavy (non-hydrogen) atoms. The van der Waals surface area contributed by atoms with Crippen LogP contribution in [-0.4, -0.2) is 17.7 Å². The van der Waals surface area contributed by atoms with Gasteiger partial charge in [0.25, 0.3) is 5.91 Å². The minimum atomic E-state index is -0.524. The number of nitrogens with two attached hydrogens (primary N) is 1. The van der Waals surface area contributed by atoms with Crippen molar-refractivity contribution in [3.05, 3.63) is 131 Å². The number of nitrogens with zero attached hydrogens (tertiary/aromatic N) is 2. The molecule has 5 rings (SSSR count). The highest BCUT2D eigenvalue weighted by Gasteiger charge is 2.32. The molecule has 162 valence electrons. The van der Waals surface area contributed by atoms with Gasteiger partial charge in [-0.3, -0.25) is 9.79 Å². The predicted octanol–water partition coefficient (Wildman–Crippen LogP) is 5.26. The van der Waals surface area contributed by atoms with E-state index in [1.165, 1.54) is 0 Å². The second kappa shape index (κ2) is 9.13. The summed E-state index contributed by atoms with van der Waals surface area (Å²) >= 11 is 0. The Morgan fingerprint density at radius 3 is 2.09 bits per heavy atom. The molecule has 0 aromatic heterocycles. The number of benzodiazepines with no additional fused rings is 1. The highest BCUT2D eigenvalue weighted by molar-refractivity contribution is 6.20. The summed E-state index contributed by atoms with van der Waals surface area (Å²) in [5.41, 5.74) is 12.4. The number of anilines is 2. The zero-order valence-electron chi connectivity index (χ0n) is 18.3. The molecule has 0 bridgehead atoms. The average Bonchev–Trinajstić information content (AvgIpc) is 2.97. The van der Waals surface area contributed by atoms with E-state index >= 15 is 0 Å². The Labute approximate surface area is 194 Å². The molecule has 4 aromatic carbocycles. The molecule has 1 amide bonds. The Morgan fingerprint density at radius 1 is 0.727 bits per heavy atom. The van der Waals surface area contributed by atoms with Crippen molar-refractivity contribution in [2.75, 3.05) is 10.6 Å². The van der Waals surface area contributed by atoms with Crippen molar-refractivity contribution in [1.29, 1.82) is 0 Å². The highest BCUT2D eigenvalue weighted by Crippen LogP contribution is 2.31. The summed E-state index contributed by atoms with van der Waals surface area (Å²) in [4.78, 5) is 20.9. The fraction of sp³-hybridized carbons (Fsp3) is 0.103. The molecule has 4 nitrogen and oxygen atoms in total. The molecule has 0 saturated carbocycles. The second-order valence-corrected chi connectivity index (χ2v) is 8.23. The van der Waals surface area contributed by atoms with Gasteiger partial charge in [-0.1, -0.05) is 91.0 Å². The monoisotopic (exact) mass is 431 g/mol. The third-order valence-electron chi connectivity index (χ3n) is 5.93. The first kappa shape index (κ1) is 20.7. The number of rotatable bonds is 5. The van der Waals surface area contributed by atoms with Gasteiger partial charge in [0.2, 0.25) is 0 Å². The summed E-state index contributed by atoms with van der Waals surface area (Å²) in [5, 5.41) is 0. The van der Waals surface area contributed by atoms with E-state index in [1.54, 1.807) is 0 Å². The molecule has 0 saturated heterocycles. The molecule has 0 radical (unpaired) electrons. The average molecular weight is 432 g/mol. The lowest BCUT2D eigenvalue weighted by molar-refractivity contribution is -0.119. The van der Waals surface area contributed by atoms with Crippen LogP contribution in [0.4, 0.5) is 11.4 Å². The fourth-order valence-electron chi connectivity index (χ4n) is 4.25. The maximum Gasteiger partial charge on any atom is 0.252 e. The molecular weight excluding hydrogens is 406 g/mol. The normalized spacial score (nSPS) is 15.5. The number of carbonyl (C=O) groups is 1. The smallest absolute Gasteiger partial charge is 0.252 e. The minimum absolute atomic E-state index is 0.00550. The van der Waals surface area contributed by atoms with E-state index in [0.29, 0.717) is 18.7 Å². The van der Waals surface area contributed by atoms with E-state index < -0.39 is 6.04 Å². The van der Waals surface area contributed by atoms with Gasteiger partial charge in [0, 0.05) is 23.2 Å². The Kier molecular flexibility index (Phi) is 5.73. The first-order chi connectivity index (χ1) is 16.2. The molecule has 0 aliphatic carbocycles. The van der Waals surface area contributed by atoms with E-state index in [1.807, 2.05) is 95.9 Å². The number of nitrogen functional groups attached to an aromatic ring is 1. The molecule has 4 heteroatoms. The van der Waals surface area contributed by atoms with Gasteiger partial charge in [0.15, 0.2) is 0 Å². The van der Waals surface area contributed by atoms with Crippen LogP contribution in [0.1, 0.15) is 22.3 Å². The van der Waals surface area contributed by atoms with E-state index in [2.05, 4.69) is 18.2 Å². The van der Waals surface area contributed by atoms with E-state index in [0.717, 1.165) is 33.7 Å². The van der Waals surface area contributed by atoms with Crippen molar-refractivity contribution >= 4 is 23.0 Å². The Hall–Kier alpha value is -4.18. The van der Waals surface area contributed by atoms with Gasteiger partial charge < -0.3 is 10.6 Å². The predicted molar refractivity (Wildman–Crippen MR) is 135 cm³/mol. The van der Waals surface area contributed by atoms with Gasteiger partial charge in [0.1, 0.15) is 6.04 Å². The van der Waals surface area contributed by atoms with Gasteiger partial charge in [-0.15, -0.1) is 0 Å². The van der Waals surface area contributed by atoms with Crippen LogP contribution >= 0.6 is 0 Å². The quantitative estimate of drug-likeness (QED) is 0.438. The number of para-hydroxylation sites is 1. The molecule has 1 aliphatic heterocycles. The number of amides is 1. The van der Waals surface area contributed by atoms with Crippen LogP contribution in [0.5, 0.6) is 0 Å². The number of carbonyl (C=O) groups excluding carboxylic acids is 1. The van der Waals surface area contributed by atoms with Gasteiger partial charge in [-0.2, -0.15) is 0 Å². The lowest BCUT2D eigenvalue weighted by atomic mass is 10.00. The SMILES string of the molecule is Nc1ccc(CN2C(=O)[C@H](Cc3ccccc3)N=C(c3ccccc3)c3ccccc32)cc1. The molecule has 0 spiro atoms. The maximum atomic E-state index is 14.0. The zero-order chi connectivity index (χ0) is 22.6. The number of hydrogen-bond acceptors (Lipinski definition) is 3. The molecular formula is C29H25N3O. The first-order valence-electron chi connectivity index (χ1n) is 11.1. The lowest BCUT2D eigenvalue weighted by Crippen LogP contribution is -2.38. The molecule has 1 aliphatic rings. The van der Waals surface area contributed by atoms with Crippen LogP contribution in [0.3, 0.4) is 0 Å². The molecule has 4 aromatic rings. The molecule has 1 atom stereocenters. The summed E-state index contributed by atoms with van der Waals surface area (Å²) in [6.45, 7) is 0.457. The molecule has 0 fully saturated rings. The van der Waals surface area contributed by atoms with Crippen LogP contribution < -0.4 is 10.6 Å². The van der Waals surface area contributed by atoms with E-state index in [4.69, 9.17) is 10.7 Å². The zero-order valence-corrected chi connectivity index (χ0v) is 18.3. The van der Waals surface area contributed by atoms with Crippen molar-refractivity contribution in [3.63, 3.8) is 0 Å². The summed E-state index contributed by atoms with van der Waals surface area (Å²) in [6.07, 6.45) is 0.544. The second-order valence-electron chi connectivity index (χ2n) is 8.23. The summed E-state index contributed by atoms with van der Waals surface area (Å²) in [6, 6.07) is 35.4. The summed E-state index contributed by atoms with van der Waals surface area (Å²) < 4.78 is 0. The standard InChI is InChI=1S/C29H25N3O/c30-24-17-15-22(16-18-24)20-32-27-14-8-7-13-25(27)28(23-11-5-2-6-12-23)31-26(29(32)33)19-21-9-3-1-4-10-21/h1-18,26H,19-20,30H2/t26-/m0/s1. The summed E-state index contributed by atoms with van der Waals surface area (Å²) in [5.74, 6) is -0.00550. The van der Waals surface area contributed by atoms with E-state index in [-0.39, 0.29) is 5.91 Å². The third kappa shape index (κ3) is 4.41.